The number of anilines is 2. The summed E-state index contributed by atoms with van der Waals surface area (Å²) in [6.45, 7) is 0.951. The summed E-state index contributed by atoms with van der Waals surface area (Å²) in [5.41, 5.74) is 1.39. The molecule has 2 amide bonds. The van der Waals surface area contributed by atoms with Gasteiger partial charge in [0.1, 0.15) is 10.6 Å². The molecule has 0 radical (unpaired) electrons. The van der Waals surface area contributed by atoms with Crippen LogP contribution in [0, 0.1) is 5.92 Å². The highest BCUT2D eigenvalue weighted by molar-refractivity contribution is 7.99. The normalized spacial score (nSPS) is 17.7. The van der Waals surface area contributed by atoms with Crippen LogP contribution in [0.4, 0.5) is 11.4 Å². The van der Waals surface area contributed by atoms with Gasteiger partial charge in [0.15, 0.2) is 0 Å². The highest BCUT2D eigenvalue weighted by Crippen LogP contribution is 2.30. The molecule has 10 heteroatoms. The molecule has 0 spiro atoms. The van der Waals surface area contributed by atoms with Crippen molar-refractivity contribution in [2.45, 2.75) is 17.7 Å². The van der Waals surface area contributed by atoms with Crippen LogP contribution in [-0.4, -0.2) is 54.1 Å². The molecule has 0 unspecified atom stereocenters. The summed E-state index contributed by atoms with van der Waals surface area (Å²) in [5.74, 6) is 1.25. The van der Waals surface area contributed by atoms with Crippen LogP contribution in [-0.2, 0) is 14.8 Å². The molecule has 154 valence electrons. The minimum absolute atomic E-state index is 0.0224. The highest BCUT2D eigenvalue weighted by Gasteiger charge is 2.29. The number of carbonyl (C=O) groups is 2. The SMILES string of the molecule is O=C(Nc1ccc(NC(=O)C2CC2)cc1)c1cc(S(=O)(=O)N2CCSCC2)c[nH]1. The van der Waals surface area contributed by atoms with Crippen molar-refractivity contribution in [3.8, 4) is 0 Å². The predicted octanol–water partition coefficient (Wildman–Crippen LogP) is 2.35. The number of hydrogen-bond donors (Lipinski definition) is 3. The minimum atomic E-state index is -3.60. The molecule has 0 atom stereocenters. The Labute approximate surface area is 173 Å². The van der Waals surface area contributed by atoms with E-state index in [4.69, 9.17) is 0 Å². The van der Waals surface area contributed by atoms with Crippen molar-refractivity contribution in [3.63, 3.8) is 0 Å². The molecule has 2 heterocycles. The summed E-state index contributed by atoms with van der Waals surface area (Å²) in [4.78, 5) is 27.1. The molecule has 1 saturated carbocycles. The molecule has 2 aromatic rings. The van der Waals surface area contributed by atoms with Gasteiger partial charge in [-0.1, -0.05) is 0 Å². The first-order valence-electron chi connectivity index (χ1n) is 9.42. The molecule has 2 fully saturated rings. The summed E-state index contributed by atoms with van der Waals surface area (Å²) in [7, 11) is -3.60. The molecule has 1 aliphatic heterocycles. The lowest BCUT2D eigenvalue weighted by atomic mass is 10.2. The number of carbonyl (C=O) groups excluding carboxylic acids is 2. The Balaban J connectivity index is 1.39. The lowest BCUT2D eigenvalue weighted by Crippen LogP contribution is -2.37. The van der Waals surface area contributed by atoms with E-state index in [0.29, 0.717) is 24.5 Å². The second-order valence-corrected chi connectivity index (χ2v) is 10.2. The van der Waals surface area contributed by atoms with Crippen LogP contribution in [0.15, 0.2) is 41.4 Å². The van der Waals surface area contributed by atoms with Crippen molar-refractivity contribution >= 4 is 45.0 Å². The van der Waals surface area contributed by atoms with Crippen molar-refractivity contribution in [3.05, 3.63) is 42.2 Å². The van der Waals surface area contributed by atoms with E-state index in [1.54, 1.807) is 36.0 Å². The summed E-state index contributed by atoms with van der Waals surface area (Å²) in [6.07, 6.45) is 3.22. The third kappa shape index (κ3) is 4.65. The summed E-state index contributed by atoms with van der Waals surface area (Å²) < 4.78 is 26.8. The molecule has 1 aromatic carbocycles. The number of rotatable bonds is 6. The molecule has 1 aromatic heterocycles. The topological polar surface area (TPSA) is 111 Å². The Hall–Kier alpha value is -2.30. The monoisotopic (exact) mass is 434 g/mol. The van der Waals surface area contributed by atoms with E-state index in [1.807, 2.05) is 0 Å². The standard InChI is InChI=1S/C19H22N4O4S2/c24-18(13-1-2-13)21-14-3-5-15(6-4-14)22-19(25)17-11-16(12-20-17)29(26,27)23-7-9-28-10-8-23/h3-6,11-13,20H,1-2,7-10H2,(H,21,24)(H,22,25). The van der Waals surface area contributed by atoms with Gasteiger partial charge in [0, 0.05) is 48.1 Å². The van der Waals surface area contributed by atoms with Crippen molar-refractivity contribution in [2.75, 3.05) is 35.2 Å². The van der Waals surface area contributed by atoms with E-state index >= 15 is 0 Å². The van der Waals surface area contributed by atoms with E-state index in [9.17, 15) is 18.0 Å². The van der Waals surface area contributed by atoms with E-state index in [0.717, 1.165) is 24.3 Å². The third-order valence-electron chi connectivity index (χ3n) is 4.87. The van der Waals surface area contributed by atoms with Crippen LogP contribution in [0.25, 0.3) is 0 Å². The molecule has 0 bridgehead atoms. The van der Waals surface area contributed by atoms with Crippen LogP contribution in [0.3, 0.4) is 0 Å². The number of nitrogens with one attached hydrogen (secondary N) is 3. The Bertz CT molecular complexity index is 1010. The van der Waals surface area contributed by atoms with Crippen LogP contribution in [0.5, 0.6) is 0 Å². The minimum Gasteiger partial charge on any atom is -0.356 e. The molecule has 8 nitrogen and oxygen atoms in total. The maximum atomic E-state index is 12.7. The maximum Gasteiger partial charge on any atom is 0.272 e. The summed E-state index contributed by atoms with van der Waals surface area (Å²) in [6, 6.07) is 8.17. The number of H-pyrrole nitrogens is 1. The molecule has 29 heavy (non-hydrogen) atoms. The van der Waals surface area contributed by atoms with Gasteiger partial charge in [0.05, 0.1) is 0 Å². The first kappa shape index (κ1) is 20.0. The Morgan fingerprint density at radius 3 is 2.28 bits per heavy atom. The number of benzene rings is 1. The van der Waals surface area contributed by atoms with Gasteiger partial charge >= 0.3 is 0 Å². The first-order valence-corrected chi connectivity index (χ1v) is 12.0. The van der Waals surface area contributed by atoms with Gasteiger partial charge in [0.2, 0.25) is 15.9 Å². The number of amides is 2. The molecular weight excluding hydrogens is 412 g/mol. The number of thioether (sulfide) groups is 1. The van der Waals surface area contributed by atoms with Crippen LogP contribution in [0.1, 0.15) is 23.3 Å². The van der Waals surface area contributed by atoms with Crippen LogP contribution < -0.4 is 10.6 Å². The Morgan fingerprint density at radius 2 is 1.66 bits per heavy atom. The average Bonchev–Trinajstić information content (AvgIpc) is 3.46. The zero-order chi connectivity index (χ0) is 20.4. The number of aromatic amines is 1. The van der Waals surface area contributed by atoms with Gasteiger partial charge in [-0.2, -0.15) is 16.1 Å². The van der Waals surface area contributed by atoms with E-state index < -0.39 is 15.9 Å². The van der Waals surface area contributed by atoms with Gasteiger partial charge in [-0.15, -0.1) is 0 Å². The summed E-state index contributed by atoms with van der Waals surface area (Å²) >= 11 is 1.73. The van der Waals surface area contributed by atoms with Gasteiger partial charge < -0.3 is 15.6 Å². The largest absolute Gasteiger partial charge is 0.356 e. The first-order chi connectivity index (χ1) is 13.9. The number of hydrogen-bond acceptors (Lipinski definition) is 5. The van der Waals surface area contributed by atoms with E-state index in [2.05, 4.69) is 15.6 Å². The molecular formula is C19H22N4O4S2. The quantitative estimate of drug-likeness (QED) is 0.646. The molecule has 2 aliphatic rings. The smallest absolute Gasteiger partial charge is 0.272 e. The average molecular weight is 435 g/mol. The second kappa shape index (κ2) is 8.21. The number of sulfonamides is 1. The van der Waals surface area contributed by atoms with Crippen LogP contribution >= 0.6 is 11.8 Å². The fourth-order valence-corrected chi connectivity index (χ4v) is 5.59. The van der Waals surface area contributed by atoms with Gasteiger partial charge in [-0.05, 0) is 43.2 Å². The molecule has 1 saturated heterocycles. The lowest BCUT2D eigenvalue weighted by Gasteiger charge is -2.24. The number of aromatic nitrogens is 1. The Kier molecular flexibility index (Phi) is 5.66. The predicted molar refractivity (Wildman–Crippen MR) is 113 cm³/mol. The van der Waals surface area contributed by atoms with Crippen LogP contribution in [0.2, 0.25) is 0 Å². The summed E-state index contributed by atoms with van der Waals surface area (Å²) in [5, 5.41) is 5.56. The Morgan fingerprint density at radius 1 is 1.03 bits per heavy atom. The zero-order valence-electron chi connectivity index (χ0n) is 15.7. The van der Waals surface area contributed by atoms with Crippen molar-refractivity contribution in [2.24, 2.45) is 5.92 Å². The fraction of sp³-hybridized carbons (Fsp3) is 0.368. The molecule has 1 aliphatic carbocycles. The van der Waals surface area contributed by atoms with Gasteiger partial charge in [0.25, 0.3) is 5.91 Å². The van der Waals surface area contributed by atoms with Gasteiger partial charge in [-0.25, -0.2) is 8.42 Å². The third-order valence-corrected chi connectivity index (χ3v) is 7.69. The second-order valence-electron chi connectivity index (χ2n) is 7.06. The molecule has 3 N–H and O–H groups in total. The fourth-order valence-electron chi connectivity index (χ4n) is 3.02. The molecule has 4 rings (SSSR count). The maximum absolute atomic E-state index is 12.7. The van der Waals surface area contributed by atoms with Crippen molar-refractivity contribution in [1.29, 1.82) is 0 Å². The van der Waals surface area contributed by atoms with Crippen molar-refractivity contribution < 1.29 is 18.0 Å². The van der Waals surface area contributed by atoms with Crippen molar-refractivity contribution in [1.82, 2.24) is 9.29 Å². The lowest BCUT2D eigenvalue weighted by molar-refractivity contribution is -0.117. The number of nitrogens with zero attached hydrogens (tertiary/aromatic N) is 1. The highest BCUT2D eigenvalue weighted by atomic mass is 32.2. The van der Waals surface area contributed by atoms with E-state index in [1.165, 1.54) is 16.6 Å². The van der Waals surface area contributed by atoms with Gasteiger partial charge in [-0.3, -0.25) is 9.59 Å². The zero-order valence-corrected chi connectivity index (χ0v) is 17.3. The van der Waals surface area contributed by atoms with E-state index in [-0.39, 0.29) is 22.4 Å².